The molecule has 1 aliphatic rings. The Balaban J connectivity index is 1.55. The fourth-order valence-corrected chi connectivity index (χ4v) is 3.41. The quantitative estimate of drug-likeness (QED) is 0.892. The standard InChI is InChI=1S/C18H24N4O/c1-3-8-22-18(19-12-20-22)13(2)21-17(23)11-14-9-15-6-4-5-7-16(15)10-14/h4-7,12-14H,3,8-11H2,1-2H3,(H,21,23)/t13-/m1/s1. The van der Waals surface area contributed by atoms with E-state index in [1.807, 2.05) is 11.6 Å². The van der Waals surface area contributed by atoms with Gasteiger partial charge in [0.1, 0.15) is 12.2 Å². The van der Waals surface area contributed by atoms with E-state index in [1.165, 1.54) is 11.1 Å². The molecule has 1 aliphatic carbocycles. The summed E-state index contributed by atoms with van der Waals surface area (Å²) in [5.41, 5.74) is 2.78. The summed E-state index contributed by atoms with van der Waals surface area (Å²) in [4.78, 5) is 16.6. The van der Waals surface area contributed by atoms with Gasteiger partial charge in [0.2, 0.25) is 5.91 Å². The second kappa shape index (κ2) is 6.94. The molecule has 0 unspecified atom stereocenters. The third-order valence-corrected chi connectivity index (χ3v) is 4.46. The van der Waals surface area contributed by atoms with E-state index < -0.39 is 0 Å². The van der Waals surface area contributed by atoms with Crippen LogP contribution in [-0.4, -0.2) is 20.7 Å². The number of hydrogen-bond acceptors (Lipinski definition) is 3. The van der Waals surface area contributed by atoms with Gasteiger partial charge in [-0.25, -0.2) is 9.67 Å². The molecule has 5 nitrogen and oxygen atoms in total. The fraction of sp³-hybridized carbons (Fsp3) is 0.500. The zero-order valence-corrected chi connectivity index (χ0v) is 13.8. The molecular formula is C18H24N4O. The zero-order chi connectivity index (χ0) is 16.2. The topological polar surface area (TPSA) is 59.8 Å². The van der Waals surface area contributed by atoms with E-state index in [0.29, 0.717) is 12.3 Å². The van der Waals surface area contributed by atoms with Crippen molar-refractivity contribution in [3.05, 3.63) is 47.5 Å². The second-order valence-corrected chi connectivity index (χ2v) is 6.38. The highest BCUT2D eigenvalue weighted by Gasteiger charge is 2.24. The van der Waals surface area contributed by atoms with Crippen LogP contribution in [0.2, 0.25) is 0 Å². The van der Waals surface area contributed by atoms with Crippen molar-refractivity contribution in [1.82, 2.24) is 20.1 Å². The maximum absolute atomic E-state index is 12.4. The number of aryl methyl sites for hydroxylation is 1. The highest BCUT2D eigenvalue weighted by atomic mass is 16.1. The Morgan fingerprint density at radius 3 is 2.70 bits per heavy atom. The summed E-state index contributed by atoms with van der Waals surface area (Å²) in [6.45, 7) is 4.90. The van der Waals surface area contributed by atoms with Crippen LogP contribution in [0.25, 0.3) is 0 Å². The van der Waals surface area contributed by atoms with Gasteiger partial charge in [-0.15, -0.1) is 0 Å². The van der Waals surface area contributed by atoms with E-state index in [9.17, 15) is 4.79 Å². The number of nitrogens with one attached hydrogen (secondary N) is 1. The molecule has 1 aromatic heterocycles. The highest BCUT2D eigenvalue weighted by molar-refractivity contribution is 5.76. The maximum Gasteiger partial charge on any atom is 0.220 e. The molecule has 1 amide bonds. The average molecular weight is 312 g/mol. The van der Waals surface area contributed by atoms with Crippen LogP contribution in [0.5, 0.6) is 0 Å². The molecule has 1 atom stereocenters. The van der Waals surface area contributed by atoms with Crippen LogP contribution in [0.4, 0.5) is 0 Å². The largest absolute Gasteiger partial charge is 0.346 e. The van der Waals surface area contributed by atoms with Crippen molar-refractivity contribution in [3.8, 4) is 0 Å². The lowest BCUT2D eigenvalue weighted by atomic mass is 10.0. The third-order valence-electron chi connectivity index (χ3n) is 4.46. The average Bonchev–Trinajstić information content (AvgIpc) is 3.13. The van der Waals surface area contributed by atoms with Gasteiger partial charge in [0.05, 0.1) is 6.04 Å². The number of benzene rings is 1. The smallest absolute Gasteiger partial charge is 0.220 e. The van der Waals surface area contributed by atoms with Crippen LogP contribution in [-0.2, 0) is 24.2 Å². The molecule has 0 saturated heterocycles. The monoisotopic (exact) mass is 312 g/mol. The third kappa shape index (κ3) is 3.60. The first-order chi connectivity index (χ1) is 11.2. The van der Waals surface area contributed by atoms with Gasteiger partial charge < -0.3 is 5.32 Å². The molecule has 0 fully saturated rings. The Labute approximate surface area is 137 Å². The minimum atomic E-state index is -0.111. The Hall–Kier alpha value is -2.17. The first kappa shape index (κ1) is 15.7. The van der Waals surface area contributed by atoms with E-state index in [1.54, 1.807) is 6.33 Å². The molecule has 1 aromatic carbocycles. The number of amides is 1. The van der Waals surface area contributed by atoms with Crippen molar-refractivity contribution >= 4 is 5.91 Å². The number of aromatic nitrogens is 3. The van der Waals surface area contributed by atoms with E-state index in [-0.39, 0.29) is 11.9 Å². The van der Waals surface area contributed by atoms with Crippen LogP contribution in [0.3, 0.4) is 0 Å². The zero-order valence-electron chi connectivity index (χ0n) is 13.8. The van der Waals surface area contributed by atoms with Gasteiger partial charge >= 0.3 is 0 Å². The number of carbonyl (C=O) groups excluding carboxylic acids is 1. The predicted octanol–water partition coefficient (Wildman–Crippen LogP) is 2.67. The first-order valence-electron chi connectivity index (χ1n) is 8.41. The first-order valence-corrected chi connectivity index (χ1v) is 8.41. The van der Waals surface area contributed by atoms with Gasteiger partial charge in [0, 0.05) is 13.0 Å². The molecule has 0 saturated carbocycles. The van der Waals surface area contributed by atoms with Crippen LogP contribution >= 0.6 is 0 Å². The van der Waals surface area contributed by atoms with Crippen molar-refractivity contribution in [2.24, 2.45) is 5.92 Å². The van der Waals surface area contributed by atoms with Crippen molar-refractivity contribution in [2.45, 2.75) is 52.1 Å². The molecule has 2 aromatic rings. The molecule has 122 valence electrons. The summed E-state index contributed by atoms with van der Waals surface area (Å²) in [6, 6.07) is 8.38. The molecule has 3 rings (SSSR count). The Kier molecular flexibility index (Phi) is 4.74. The lowest BCUT2D eigenvalue weighted by molar-refractivity contribution is -0.122. The number of nitrogens with zero attached hydrogens (tertiary/aromatic N) is 3. The van der Waals surface area contributed by atoms with Gasteiger partial charge in [0.15, 0.2) is 0 Å². The molecule has 5 heteroatoms. The molecule has 1 heterocycles. The van der Waals surface area contributed by atoms with E-state index in [2.05, 4.69) is 46.6 Å². The number of fused-ring (bicyclic) bond motifs is 1. The highest BCUT2D eigenvalue weighted by Crippen LogP contribution is 2.28. The van der Waals surface area contributed by atoms with Gasteiger partial charge in [-0.3, -0.25) is 4.79 Å². The number of hydrogen-bond donors (Lipinski definition) is 1. The van der Waals surface area contributed by atoms with Gasteiger partial charge in [-0.1, -0.05) is 31.2 Å². The predicted molar refractivity (Wildman–Crippen MR) is 88.8 cm³/mol. The lowest BCUT2D eigenvalue weighted by Crippen LogP contribution is -2.30. The number of carbonyl (C=O) groups is 1. The van der Waals surface area contributed by atoms with Gasteiger partial charge in [-0.2, -0.15) is 5.10 Å². The van der Waals surface area contributed by atoms with Gasteiger partial charge in [-0.05, 0) is 43.2 Å². The molecule has 1 N–H and O–H groups in total. The molecule has 0 aliphatic heterocycles. The minimum absolute atomic E-state index is 0.0985. The van der Waals surface area contributed by atoms with E-state index in [0.717, 1.165) is 31.6 Å². The molecular weight excluding hydrogens is 288 g/mol. The van der Waals surface area contributed by atoms with Crippen LogP contribution < -0.4 is 5.32 Å². The Morgan fingerprint density at radius 1 is 1.35 bits per heavy atom. The molecule has 23 heavy (non-hydrogen) atoms. The number of rotatable bonds is 6. The summed E-state index contributed by atoms with van der Waals surface area (Å²) in [7, 11) is 0. The van der Waals surface area contributed by atoms with Crippen LogP contribution in [0.1, 0.15) is 49.7 Å². The minimum Gasteiger partial charge on any atom is -0.346 e. The van der Waals surface area contributed by atoms with Crippen molar-refractivity contribution < 1.29 is 4.79 Å². The molecule has 0 spiro atoms. The van der Waals surface area contributed by atoms with Crippen LogP contribution in [0, 0.1) is 5.92 Å². The maximum atomic E-state index is 12.4. The SMILES string of the molecule is CCCn1ncnc1[C@@H](C)NC(=O)CC1Cc2ccccc2C1. The van der Waals surface area contributed by atoms with Crippen LogP contribution in [0.15, 0.2) is 30.6 Å². The summed E-state index contributed by atoms with van der Waals surface area (Å²) < 4.78 is 1.87. The normalized spacial score (nSPS) is 15.4. The summed E-state index contributed by atoms with van der Waals surface area (Å²) >= 11 is 0. The van der Waals surface area contributed by atoms with Crippen molar-refractivity contribution in [3.63, 3.8) is 0 Å². The molecule has 0 bridgehead atoms. The lowest BCUT2D eigenvalue weighted by Gasteiger charge is -2.16. The van der Waals surface area contributed by atoms with E-state index in [4.69, 9.17) is 0 Å². The van der Waals surface area contributed by atoms with Crippen molar-refractivity contribution in [2.75, 3.05) is 0 Å². The van der Waals surface area contributed by atoms with Crippen molar-refractivity contribution in [1.29, 1.82) is 0 Å². The van der Waals surface area contributed by atoms with Gasteiger partial charge in [0.25, 0.3) is 0 Å². The second-order valence-electron chi connectivity index (χ2n) is 6.38. The summed E-state index contributed by atoms with van der Waals surface area (Å²) in [5.74, 6) is 1.34. The Morgan fingerprint density at radius 2 is 2.04 bits per heavy atom. The molecule has 0 radical (unpaired) electrons. The Bertz CT molecular complexity index is 654. The summed E-state index contributed by atoms with van der Waals surface area (Å²) in [6.07, 6.45) is 5.13. The summed E-state index contributed by atoms with van der Waals surface area (Å²) in [5, 5.41) is 7.29. The van der Waals surface area contributed by atoms with E-state index >= 15 is 0 Å². The fourth-order valence-electron chi connectivity index (χ4n) is 3.41.